The summed E-state index contributed by atoms with van der Waals surface area (Å²) in [5.41, 5.74) is 12.4. The van der Waals surface area contributed by atoms with Crippen molar-refractivity contribution in [2.45, 2.75) is 92.4 Å². The Morgan fingerprint density at radius 1 is 0.264 bits per heavy atom. The Labute approximate surface area is 592 Å². The Morgan fingerprint density at radius 3 is 0.648 bits per heavy atom. The van der Waals surface area contributed by atoms with Crippen LogP contribution in [0.15, 0.2) is 238 Å². The summed E-state index contributed by atoms with van der Waals surface area (Å²) in [7, 11) is 8.22. The second kappa shape index (κ2) is 45.9. The molecule has 0 aliphatic heterocycles. The molecule has 1 N–H and O–H groups in total. The first-order chi connectivity index (χ1) is 42.6. The van der Waals surface area contributed by atoms with E-state index in [4.69, 9.17) is 0 Å². The minimum absolute atomic E-state index is 0. The molecule has 91 heavy (non-hydrogen) atoms. The molecule has 0 saturated carbocycles. The molecule has 0 amide bonds. The van der Waals surface area contributed by atoms with Gasteiger partial charge in [-0.25, -0.2) is 0 Å². The van der Waals surface area contributed by atoms with Crippen molar-refractivity contribution in [1.29, 1.82) is 0 Å². The Morgan fingerprint density at radius 2 is 0.462 bits per heavy atom. The maximum Gasteiger partial charge on any atom is 2.00 e. The zero-order chi connectivity index (χ0) is 61.1. The Hall–Kier alpha value is -6.31. The van der Waals surface area contributed by atoms with Gasteiger partial charge in [-0.1, -0.05) is 105 Å². The van der Waals surface area contributed by atoms with Gasteiger partial charge in [0.1, 0.15) is 5.75 Å². The van der Waals surface area contributed by atoms with Crippen molar-refractivity contribution in [2.24, 2.45) is 0 Å². The fraction of sp³-hybridized carbons (Fsp3) is 0.278. The number of para-hydroxylation sites is 1. The maximum absolute atomic E-state index is 11.4. The standard InChI is InChI=1S/C32H32N6O.C32H32N6.2C4H11N.4Zn/c39-32-26(20-37(22-28-12-1-5-16-33-28)23-29-13-2-6-17-34-29)10-9-11-27(32)21-38(24-30-14-3-7-18-35-30)25-31-15-4-8-19-36-31;1-5-16-33-29(12-1)23-37(24-30-13-2-6-17-34-30)21-27-10-9-11-28(20-27)22-38(25-31-14-3-7-18-35-31)26-32-15-4-8-19-36-32;2*1-4-5(2)3;;;;/h1-19,39H,20-25H2;1-20H,21-26H2;2*4H2,1-3H3;;;;/q;;;;4*+2. The van der Waals surface area contributed by atoms with E-state index < -0.39 is 0 Å². The van der Waals surface area contributed by atoms with E-state index in [2.05, 4.69) is 160 Å². The molecule has 10 aromatic rings. The number of nitrogens with zero attached hydrogens (tertiary/aromatic N) is 14. The van der Waals surface area contributed by atoms with Gasteiger partial charge in [0.15, 0.2) is 0 Å². The van der Waals surface area contributed by atoms with Gasteiger partial charge in [0.05, 0.1) is 45.6 Å². The number of phenols is 1. The smallest absolute Gasteiger partial charge is 0.507 e. The molecule has 0 bridgehead atoms. The molecule has 8 heterocycles. The molecular weight excluding hydrogens is 1340 g/mol. The number of hydrogen-bond donors (Lipinski definition) is 1. The van der Waals surface area contributed by atoms with Crippen LogP contribution in [0.5, 0.6) is 5.75 Å². The summed E-state index contributed by atoms with van der Waals surface area (Å²) in [4.78, 5) is 49.8. The maximum atomic E-state index is 11.4. The van der Waals surface area contributed by atoms with Crippen LogP contribution in [0.1, 0.15) is 81.7 Å². The van der Waals surface area contributed by atoms with E-state index in [1.54, 1.807) is 0 Å². The average Bonchev–Trinajstić information content (AvgIpc) is 1.78. The van der Waals surface area contributed by atoms with Gasteiger partial charge in [0, 0.05) is 139 Å². The summed E-state index contributed by atoms with van der Waals surface area (Å²) in [6.45, 7) is 14.9. The summed E-state index contributed by atoms with van der Waals surface area (Å²) in [6.07, 6.45) is 14.7. The van der Waals surface area contributed by atoms with Gasteiger partial charge in [0.25, 0.3) is 0 Å². The quantitative estimate of drug-likeness (QED) is 0.0513. The van der Waals surface area contributed by atoms with Crippen molar-refractivity contribution in [3.05, 3.63) is 305 Å². The van der Waals surface area contributed by atoms with E-state index >= 15 is 0 Å². The fourth-order valence-electron chi connectivity index (χ4n) is 9.16. The van der Waals surface area contributed by atoms with Crippen LogP contribution in [0.4, 0.5) is 0 Å². The van der Waals surface area contributed by atoms with Gasteiger partial charge in [-0.2, -0.15) is 0 Å². The van der Waals surface area contributed by atoms with Crippen LogP contribution >= 0.6 is 0 Å². The molecule has 2 aromatic carbocycles. The number of aromatic nitrogens is 8. The Balaban J connectivity index is 0.000000398. The number of pyridine rings is 8. The van der Waals surface area contributed by atoms with Crippen LogP contribution in [-0.4, -0.2) is 116 Å². The van der Waals surface area contributed by atoms with Gasteiger partial charge >= 0.3 is 77.9 Å². The van der Waals surface area contributed by atoms with Crippen molar-refractivity contribution in [1.82, 2.24) is 69.3 Å². The molecule has 0 unspecified atom stereocenters. The zero-order valence-electron chi connectivity index (χ0n) is 54.5. The van der Waals surface area contributed by atoms with Crippen LogP contribution in [0.3, 0.4) is 0 Å². The molecule has 0 radical (unpaired) electrons. The van der Waals surface area contributed by atoms with Crippen molar-refractivity contribution in [3.63, 3.8) is 0 Å². The third kappa shape index (κ3) is 31.2. The van der Waals surface area contributed by atoms with Crippen molar-refractivity contribution in [2.75, 3.05) is 41.3 Å². The second-order valence-corrected chi connectivity index (χ2v) is 21.7. The molecule has 8 aromatic heterocycles. The predicted molar refractivity (Wildman–Crippen MR) is 349 cm³/mol. The fourth-order valence-corrected chi connectivity index (χ4v) is 9.16. The summed E-state index contributed by atoms with van der Waals surface area (Å²) >= 11 is 0. The van der Waals surface area contributed by atoms with E-state index in [-0.39, 0.29) is 77.9 Å². The molecule has 15 nitrogen and oxygen atoms in total. The van der Waals surface area contributed by atoms with Gasteiger partial charge in [-0.15, -0.1) is 0 Å². The van der Waals surface area contributed by atoms with E-state index in [1.165, 1.54) is 11.1 Å². The summed E-state index contributed by atoms with van der Waals surface area (Å²) < 4.78 is 0. The molecule has 0 aliphatic rings. The van der Waals surface area contributed by atoms with Crippen molar-refractivity contribution >= 4 is 0 Å². The molecule has 0 saturated heterocycles. The molecule has 0 spiro atoms. The number of aromatic hydroxyl groups is 1. The third-order valence-corrected chi connectivity index (χ3v) is 14.0. The summed E-state index contributed by atoms with van der Waals surface area (Å²) in [6, 6.07) is 62.9. The largest absolute Gasteiger partial charge is 2.00 e. The topological polar surface area (TPSA) is 143 Å². The van der Waals surface area contributed by atoms with E-state index in [0.717, 1.165) is 109 Å². The number of phenolic OH excluding ortho intramolecular Hbond substituents is 1. The normalized spacial score (nSPS) is 10.5. The average molecular weight is 1430 g/mol. The predicted octanol–water partition coefficient (Wildman–Crippen LogP) is 12.2. The third-order valence-electron chi connectivity index (χ3n) is 14.0. The van der Waals surface area contributed by atoms with E-state index in [9.17, 15) is 5.11 Å². The molecule has 0 atom stereocenters. The Bertz CT molecular complexity index is 3020. The molecule has 0 aliphatic carbocycles. The van der Waals surface area contributed by atoms with Gasteiger partial charge < -0.3 is 14.9 Å². The SMILES string of the molecule is CCN(C)C.CCN(C)C.Oc1c(CN(Cc2ccccn2)Cc2ccccn2)cccc1CN(Cc1ccccn1)Cc1ccccn1.[Zn+2].[Zn+2].[Zn+2].[Zn+2].c1ccc(CN(Cc2cccc(CN(Cc3ccccn3)Cc3ccccn3)c2)Cc2ccccn2)nc1. The van der Waals surface area contributed by atoms with E-state index in [0.29, 0.717) is 45.0 Å². The second-order valence-electron chi connectivity index (χ2n) is 21.7. The first-order valence-corrected chi connectivity index (χ1v) is 29.8. The number of hydrogen-bond acceptors (Lipinski definition) is 15. The van der Waals surface area contributed by atoms with Crippen LogP contribution in [-0.2, 0) is 156 Å². The van der Waals surface area contributed by atoms with Crippen LogP contribution in [0.2, 0.25) is 0 Å². The monoisotopic (exact) mass is 1420 g/mol. The van der Waals surface area contributed by atoms with Crippen molar-refractivity contribution < 1.29 is 83.0 Å². The minimum atomic E-state index is 0. The van der Waals surface area contributed by atoms with Crippen LogP contribution < -0.4 is 0 Å². The first kappa shape index (κ1) is 78.9. The van der Waals surface area contributed by atoms with Crippen LogP contribution in [0, 0.1) is 0 Å². The molecule has 450 valence electrons. The van der Waals surface area contributed by atoms with Gasteiger partial charge in [-0.3, -0.25) is 59.5 Å². The molecule has 10 rings (SSSR count). The summed E-state index contributed by atoms with van der Waals surface area (Å²) in [5.74, 6) is 0.316. The van der Waals surface area contributed by atoms with Gasteiger partial charge in [-0.05, 0) is 149 Å². The van der Waals surface area contributed by atoms with Gasteiger partial charge in [0.2, 0.25) is 0 Å². The van der Waals surface area contributed by atoms with E-state index in [1.807, 2.05) is 189 Å². The van der Waals surface area contributed by atoms with Crippen molar-refractivity contribution in [3.8, 4) is 5.75 Å². The molecular formula is C72H86N14OZn4+8. The first-order valence-electron chi connectivity index (χ1n) is 29.8. The molecule has 0 fully saturated rings. The van der Waals surface area contributed by atoms with Crippen LogP contribution in [0.25, 0.3) is 0 Å². The summed E-state index contributed by atoms with van der Waals surface area (Å²) in [5, 5.41) is 11.4. The zero-order valence-corrected chi connectivity index (χ0v) is 66.3. The number of benzene rings is 2. The Kier molecular flexibility index (Phi) is 39.8. The molecule has 19 heteroatoms. The number of rotatable bonds is 26. The minimum Gasteiger partial charge on any atom is -0.507 e.